The van der Waals surface area contributed by atoms with Crippen LogP contribution in [0.5, 0.6) is 11.5 Å². The van der Waals surface area contributed by atoms with Gasteiger partial charge in [-0.3, -0.25) is 14.9 Å². The van der Waals surface area contributed by atoms with Crippen molar-refractivity contribution in [1.82, 2.24) is 4.57 Å². The molecule has 1 fully saturated rings. The number of aryl methyl sites for hydroxylation is 1. The third-order valence-corrected chi connectivity index (χ3v) is 5.97. The second-order valence-corrected chi connectivity index (χ2v) is 7.63. The van der Waals surface area contributed by atoms with Crippen LogP contribution in [0.15, 0.2) is 29.1 Å². The summed E-state index contributed by atoms with van der Waals surface area (Å²) in [5, 5.41) is 22.3. The molecule has 0 atom stereocenters. The van der Waals surface area contributed by atoms with Gasteiger partial charge in [-0.05, 0) is 25.8 Å². The van der Waals surface area contributed by atoms with E-state index in [1.54, 1.807) is 25.3 Å². The maximum atomic E-state index is 13.4. The van der Waals surface area contributed by atoms with E-state index < -0.39 is 11.0 Å². The molecule has 0 aliphatic carbocycles. The van der Waals surface area contributed by atoms with E-state index in [-0.39, 0.29) is 16.5 Å². The molecule has 4 rings (SSSR count). The zero-order valence-corrected chi connectivity index (χ0v) is 17.8. The third-order valence-electron chi connectivity index (χ3n) is 5.97. The van der Waals surface area contributed by atoms with Crippen molar-refractivity contribution in [3.05, 3.63) is 44.6 Å². The van der Waals surface area contributed by atoms with Gasteiger partial charge in [0.05, 0.1) is 47.1 Å². The molecule has 0 unspecified atom stereocenters. The minimum Gasteiger partial charge on any atom is -0.497 e. The number of anilines is 1. The van der Waals surface area contributed by atoms with E-state index in [1.165, 1.54) is 13.2 Å². The highest BCUT2D eigenvalue weighted by atomic mass is 16.6. The maximum absolute atomic E-state index is 13.4. The summed E-state index contributed by atoms with van der Waals surface area (Å²) in [4.78, 5) is 26.8. The highest BCUT2D eigenvalue weighted by molar-refractivity contribution is 6.00. The minimum atomic E-state index is -0.453. The summed E-state index contributed by atoms with van der Waals surface area (Å²) in [7, 11) is 3.02. The number of ether oxygens (including phenoxy) is 2. The molecule has 2 heterocycles. The van der Waals surface area contributed by atoms with Crippen LogP contribution in [0.3, 0.4) is 0 Å². The summed E-state index contributed by atoms with van der Waals surface area (Å²) >= 11 is 0. The standard InChI is InChI=1S/C22H25N3O6/c1-4-24-16-12-17(23-7-5-13(26)6-8-23)18(25(28)29)11-15(16)22(27)21-19(24)9-14(30-2)10-20(21)31-3/h9-13,26H,4-8H2,1-3H3. The molecule has 0 radical (unpaired) electrons. The van der Waals surface area contributed by atoms with Gasteiger partial charge in [-0.25, -0.2) is 0 Å². The van der Waals surface area contributed by atoms with E-state index in [4.69, 9.17) is 9.47 Å². The van der Waals surface area contributed by atoms with Crippen LogP contribution in [0.2, 0.25) is 0 Å². The summed E-state index contributed by atoms with van der Waals surface area (Å²) in [6.07, 6.45) is 0.692. The summed E-state index contributed by atoms with van der Waals surface area (Å²) in [5.41, 5.74) is 1.28. The van der Waals surface area contributed by atoms with E-state index in [9.17, 15) is 20.0 Å². The van der Waals surface area contributed by atoms with Gasteiger partial charge < -0.3 is 24.0 Å². The first kappa shape index (κ1) is 20.9. The van der Waals surface area contributed by atoms with Crippen LogP contribution in [0.1, 0.15) is 19.8 Å². The van der Waals surface area contributed by atoms with Crippen molar-refractivity contribution in [3.63, 3.8) is 0 Å². The number of aromatic nitrogens is 1. The van der Waals surface area contributed by atoms with Crippen LogP contribution in [0.4, 0.5) is 11.4 Å². The number of nitro groups is 1. The number of fused-ring (bicyclic) bond motifs is 2. The van der Waals surface area contributed by atoms with Gasteiger partial charge in [-0.15, -0.1) is 0 Å². The second-order valence-electron chi connectivity index (χ2n) is 7.63. The Balaban J connectivity index is 2.09. The van der Waals surface area contributed by atoms with E-state index in [2.05, 4.69) is 0 Å². The topological polar surface area (TPSA) is 107 Å². The predicted octanol–water partition coefficient (Wildman–Crippen LogP) is 3.06. The lowest BCUT2D eigenvalue weighted by molar-refractivity contribution is -0.384. The van der Waals surface area contributed by atoms with E-state index in [1.807, 2.05) is 16.4 Å². The Bertz CT molecular complexity index is 1230. The van der Waals surface area contributed by atoms with Crippen molar-refractivity contribution in [2.75, 3.05) is 32.2 Å². The van der Waals surface area contributed by atoms with Crippen LogP contribution in [-0.4, -0.2) is 48.0 Å². The first-order valence-electron chi connectivity index (χ1n) is 10.2. The van der Waals surface area contributed by atoms with Crippen molar-refractivity contribution in [2.45, 2.75) is 32.4 Å². The quantitative estimate of drug-likeness (QED) is 0.379. The predicted molar refractivity (Wildman–Crippen MR) is 119 cm³/mol. The molecule has 9 heteroatoms. The van der Waals surface area contributed by atoms with Gasteiger partial charge in [0, 0.05) is 37.8 Å². The van der Waals surface area contributed by atoms with E-state index >= 15 is 0 Å². The molecule has 164 valence electrons. The van der Waals surface area contributed by atoms with Gasteiger partial charge in [0.25, 0.3) is 5.69 Å². The summed E-state index contributed by atoms with van der Waals surface area (Å²) in [5.74, 6) is 0.914. The van der Waals surface area contributed by atoms with Crippen molar-refractivity contribution < 1.29 is 19.5 Å². The second kappa shape index (κ2) is 8.07. The van der Waals surface area contributed by atoms with Gasteiger partial charge in [0.1, 0.15) is 17.2 Å². The molecule has 1 saturated heterocycles. The fourth-order valence-electron chi connectivity index (χ4n) is 4.38. The van der Waals surface area contributed by atoms with Crippen LogP contribution in [-0.2, 0) is 6.54 Å². The fraction of sp³-hybridized carbons (Fsp3) is 0.409. The van der Waals surface area contributed by atoms with Crippen LogP contribution >= 0.6 is 0 Å². The molecule has 2 aromatic carbocycles. The molecule has 1 aromatic heterocycles. The van der Waals surface area contributed by atoms with Crippen molar-refractivity contribution >= 4 is 33.2 Å². The lowest BCUT2D eigenvalue weighted by atomic mass is 10.0. The van der Waals surface area contributed by atoms with Crippen molar-refractivity contribution in [3.8, 4) is 11.5 Å². The molecule has 0 bridgehead atoms. The van der Waals surface area contributed by atoms with Gasteiger partial charge in [0.2, 0.25) is 5.43 Å². The Labute approximate surface area is 178 Å². The Morgan fingerprint density at radius 2 is 1.84 bits per heavy atom. The zero-order chi connectivity index (χ0) is 22.3. The first-order chi connectivity index (χ1) is 14.9. The molecule has 9 nitrogen and oxygen atoms in total. The summed E-state index contributed by atoms with van der Waals surface area (Å²) in [6, 6.07) is 6.51. The molecule has 1 aliphatic rings. The smallest absolute Gasteiger partial charge is 0.293 e. The number of pyridine rings is 1. The largest absolute Gasteiger partial charge is 0.497 e. The molecule has 1 N–H and O–H groups in total. The molecule has 1 aliphatic heterocycles. The summed E-state index contributed by atoms with van der Waals surface area (Å²) < 4.78 is 12.8. The Hall–Kier alpha value is -3.33. The Morgan fingerprint density at radius 3 is 2.42 bits per heavy atom. The number of aliphatic hydroxyl groups excluding tert-OH is 1. The van der Waals surface area contributed by atoms with Gasteiger partial charge >= 0.3 is 0 Å². The molecule has 0 amide bonds. The maximum Gasteiger partial charge on any atom is 0.293 e. The zero-order valence-electron chi connectivity index (χ0n) is 17.8. The number of aliphatic hydroxyl groups is 1. The van der Waals surface area contributed by atoms with Crippen molar-refractivity contribution in [1.29, 1.82) is 0 Å². The highest BCUT2D eigenvalue weighted by Crippen LogP contribution is 2.37. The minimum absolute atomic E-state index is 0.115. The van der Waals surface area contributed by atoms with Gasteiger partial charge in [-0.1, -0.05) is 0 Å². The fourth-order valence-corrected chi connectivity index (χ4v) is 4.38. The summed E-state index contributed by atoms with van der Waals surface area (Å²) in [6.45, 7) is 3.52. The molecule has 0 spiro atoms. The number of rotatable bonds is 5. The molecule has 0 saturated carbocycles. The SMILES string of the molecule is CCn1c2cc(N3CCC(O)CC3)c([N+](=O)[O-])cc2c(=O)c2c(OC)cc(OC)cc21. The molecular weight excluding hydrogens is 402 g/mol. The van der Waals surface area contributed by atoms with E-state index in [0.29, 0.717) is 66.1 Å². The third kappa shape index (κ3) is 3.44. The normalized spacial score (nSPS) is 14.9. The molecule has 3 aromatic rings. The number of benzene rings is 2. The van der Waals surface area contributed by atoms with Gasteiger partial charge in [-0.2, -0.15) is 0 Å². The lowest BCUT2D eigenvalue weighted by Crippen LogP contribution is -2.36. The number of hydrogen-bond donors (Lipinski definition) is 1. The number of nitrogens with zero attached hydrogens (tertiary/aromatic N) is 3. The molecule has 31 heavy (non-hydrogen) atoms. The Kier molecular flexibility index (Phi) is 5.45. The monoisotopic (exact) mass is 427 g/mol. The van der Waals surface area contributed by atoms with Crippen molar-refractivity contribution in [2.24, 2.45) is 0 Å². The number of hydrogen-bond acceptors (Lipinski definition) is 7. The van der Waals surface area contributed by atoms with Gasteiger partial charge in [0.15, 0.2) is 0 Å². The number of nitro benzene ring substituents is 1. The average molecular weight is 427 g/mol. The van der Waals surface area contributed by atoms with Crippen LogP contribution in [0, 0.1) is 10.1 Å². The van der Waals surface area contributed by atoms with Crippen LogP contribution < -0.4 is 19.8 Å². The molecular formula is C22H25N3O6. The van der Waals surface area contributed by atoms with E-state index in [0.717, 1.165) is 0 Å². The lowest BCUT2D eigenvalue weighted by Gasteiger charge is -2.31. The number of piperidine rings is 1. The van der Waals surface area contributed by atoms with Crippen LogP contribution in [0.25, 0.3) is 21.8 Å². The average Bonchev–Trinajstić information content (AvgIpc) is 2.78. The highest BCUT2D eigenvalue weighted by Gasteiger charge is 2.27. The first-order valence-corrected chi connectivity index (χ1v) is 10.2. The Morgan fingerprint density at radius 1 is 1.13 bits per heavy atom. The number of methoxy groups -OCH3 is 2.